The van der Waals surface area contributed by atoms with Gasteiger partial charge in [0.05, 0.1) is 12.3 Å². The first-order chi connectivity index (χ1) is 17.1. The van der Waals surface area contributed by atoms with Crippen molar-refractivity contribution in [3.05, 3.63) is 78.4 Å². The van der Waals surface area contributed by atoms with Crippen molar-refractivity contribution in [3.63, 3.8) is 0 Å². The van der Waals surface area contributed by atoms with Crippen molar-refractivity contribution in [1.29, 1.82) is 0 Å². The molecule has 8 heteroatoms. The van der Waals surface area contributed by atoms with E-state index in [1.54, 1.807) is 22.8 Å². The van der Waals surface area contributed by atoms with Crippen molar-refractivity contribution in [2.45, 2.75) is 26.3 Å². The molecule has 0 aliphatic carbocycles. The number of rotatable bonds is 7. The highest BCUT2D eigenvalue weighted by Crippen LogP contribution is 2.28. The Morgan fingerprint density at radius 2 is 1.94 bits per heavy atom. The van der Waals surface area contributed by atoms with E-state index in [9.17, 15) is 9.18 Å². The van der Waals surface area contributed by atoms with Crippen molar-refractivity contribution < 1.29 is 13.9 Å². The first kappa shape index (κ1) is 22.8. The summed E-state index contributed by atoms with van der Waals surface area (Å²) in [5.74, 6) is 1.45. The molecule has 1 aliphatic heterocycles. The van der Waals surface area contributed by atoms with Crippen LogP contribution in [0.2, 0.25) is 0 Å². The Bertz CT molecular complexity index is 1310. The Morgan fingerprint density at radius 3 is 2.71 bits per heavy atom. The molecule has 1 N–H and O–H groups in total. The summed E-state index contributed by atoms with van der Waals surface area (Å²) in [7, 11) is 0. The largest absolute Gasteiger partial charge is 0.494 e. The molecule has 0 spiro atoms. The predicted molar refractivity (Wildman–Crippen MR) is 133 cm³/mol. The predicted octanol–water partition coefficient (Wildman–Crippen LogP) is 4.47. The molecule has 180 valence electrons. The molecule has 0 bridgehead atoms. The van der Waals surface area contributed by atoms with Gasteiger partial charge >= 0.3 is 0 Å². The zero-order valence-corrected chi connectivity index (χ0v) is 19.7. The maximum atomic E-state index is 13.3. The molecular weight excluding hydrogens is 445 g/mol. The first-order valence-electron chi connectivity index (χ1n) is 12.0. The number of fused-ring (bicyclic) bond motifs is 1. The Kier molecular flexibility index (Phi) is 6.61. The topological polar surface area (TPSA) is 71.8 Å². The number of amides is 1. The highest BCUT2D eigenvalue weighted by molar-refractivity contribution is 5.79. The fourth-order valence-electron chi connectivity index (χ4n) is 4.51. The lowest BCUT2D eigenvalue weighted by atomic mass is 9.95. The molecule has 3 heterocycles. The van der Waals surface area contributed by atoms with Gasteiger partial charge in [0.15, 0.2) is 5.82 Å². The number of nitrogens with zero attached hydrogens (tertiary/aromatic N) is 4. The second-order valence-electron chi connectivity index (χ2n) is 8.68. The lowest BCUT2D eigenvalue weighted by Gasteiger charge is -2.32. The Labute approximate surface area is 203 Å². The van der Waals surface area contributed by atoms with Crippen molar-refractivity contribution in [2.24, 2.45) is 5.92 Å². The highest BCUT2D eigenvalue weighted by atomic mass is 19.1. The minimum Gasteiger partial charge on any atom is -0.494 e. The van der Waals surface area contributed by atoms with Crippen LogP contribution in [0.5, 0.6) is 5.75 Å². The Balaban J connectivity index is 1.22. The van der Waals surface area contributed by atoms with Crippen LogP contribution in [0.3, 0.4) is 0 Å². The lowest BCUT2D eigenvalue weighted by molar-refractivity contribution is -0.125. The molecule has 0 atom stereocenters. The van der Waals surface area contributed by atoms with Crippen molar-refractivity contribution in [3.8, 4) is 17.0 Å². The van der Waals surface area contributed by atoms with Crippen LogP contribution in [0.1, 0.15) is 25.3 Å². The van der Waals surface area contributed by atoms with Crippen LogP contribution in [0.25, 0.3) is 16.8 Å². The van der Waals surface area contributed by atoms with Gasteiger partial charge in [0, 0.05) is 43.5 Å². The van der Waals surface area contributed by atoms with E-state index in [0.29, 0.717) is 13.2 Å². The maximum Gasteiger partial charge on any atom is 0.223 e. The quantitative estimate of drug-likeness (QED) is 0.429. The van der Waals surface area contributed by atoms with E-state index < -0.39 is 0 Å². The number of benzene rings is 2. The van der Waals surface area contributed by atoms with Crippen LogP contribution < -0.4 is 15.0 Å². The molecule has 2 aromatic carbocycles. The van der Waals surface area contributed by atoms with Crippen molar-refractivity contribution in [2.75, 3.05) is 24.6 Å². The number of aromatic nitrogens is 3. The van der Waals surface area contributed by atoms with E-state index in [0.717, 1.165) is 59.8 Å². The summed E-state index contributed by atoms with van der Waals surface area (Å²) in [4.78, 5) is 19.6. The molecular formula is C27H28FN5O2. The smallest absolute Gasteiger partial charge is 0.223 e. The van der Waals surface area contributed by atoms with Gasteiger partial charge in [-0.3, -0.25) is 4.79 Å². The molecule has 0 radical (unpaired) electrons. The minimum absolute atomic E-state index is 0.0271. The molecule has 35 heavy (non-hydrogen) atoms. The number of carbonyl (C=O) groups excluding carboxylic acids is 1. The minimum atomic E-state index is -0.272. The highest BCUT2D eigenvalue weighted by Gasteiger charge is 2.26. The third kappa shape index (κ3) is 5.11. The molecule has 7 nitrogen and oxygen atoms in total. The molecule has 1 saturated heterocycles. The summed E-state index contributed by atoms with van der Waals surface area (Å²) in [5, 5.41) is 7.71. The van der Waals surface area contributed by atoms with Crippen LogP contribution >= 0.6 is 0 Å². The molecule has 1 aliphatic rings. The lowest BCUT2D eigenvalue weighted by Crippen LogP contribution is -2.40. The van der Waals surface area contributed by atoms with Gasteiger partial charge in [-0.25, -0.2) is 13.9 Å². The third-order valence-electron chi connectivity index (χ3n) is 6.35. The number of halogens is 1. The first-order valence-corrected chi connectivity index (χ1v) is 12.0. The zero-order chi connectivity index (χ0) is 24.2. The van der Waals surface area contributed by atoms with E-state index in [1.807, 2.05) is 43.5 Å². The van der Waals surface area contributed by atoms with E-state index in [-0.39, 0.29) is 17.6 Å². The number of hydrogen-bond donors (Lipinski definition) is 1. The summed E-state index contributed by atoms with van der Waals surface area (Å²) in [5.41, 5.74) is 3.53. The van der Waals surface area contributed by atoms with E-state index >= 15 is 0 Å². The van der Waals surface area contributed by atoms with Crippen LogP contribution in [0.4, 0.5) is 10.2 Å². The number of piperidine rings is 1. The maximum absolute atomic E-state index is 13.3. The van der Waals surface area contributed by atoms with Crippen molar-refractivity contribution in [1.82, 2.24) is 19.9 Å². The third-order valence-corrected chi connectivity index (χ3v) is 6.35. The van der Waals surface area contributed by atoms with E-state index in [2.05, 4.69) is 20.3 Å². The molecule has 1 fully saturated rings. The van der Waals surface area contributed by atoms with Gasteiger partial charge in [0.2, 0.25) is 5.91 Å². The Hall–Kier alpha value is -3.94. The average Bonchev–Trinajstić information content (AvgIpc) is 3.33. The van der Waals surface area contributed by atoms with Gasteiger partial charge < -0.3 is 15.0 Å². The number of anilines is 1. The van der Waals surface area contributed by atoms with Crippen LogP contribution in [-0.2, 0) is 11.3 Å². The fraction of sp³-hybridized carbons (Fsp3) is 0.296. The fourth-order valence-corrected chi connectivity index (χ4v) is 4.51. The monoisotopic (exact) mass is 473 g/mol. The summed E-state index contributed by atoms with van der Waals surface area (Å²) < 4.78 is 20.6. The number of carbonyl (C=O) groups is 1. The second-order valence-corrected chi connectivity index (χ2v) is 8.68. The van der Waals surface area contributed by atoms with Gasteiger partial charge in [-0.15, -0.1) is 0 Å². The molecule has 0 saturated carbocycles. The molecule has 2 aromatic heterocycles. The van der Waals surface area contributed by atoms with Crippen LogP contribution in [0.15, 0.2) is 67.0 Å². The van der Waals surface area contributed by atoms with Gasteiger partial charge in [0.1, 0.15) is 17.1 Å². The molecule has 4 aromatic rings. The van der Waals surface area contributed by atoms with E-state index in [1.165, 1.54) is 12.1 Å². The number of ether oxygens (including phenoxy) is 1. The summed E-state index contributed by atoms with van der Waals surface area (Å²) in [6.45, 7) is 4.53. The average molecular weight is 474 g/mol. The molecule has 5 rings (SSSR count). The van der Waals surface area contributed by atoms with Crippen LogP contribution in [-0.4, -0.2) is 40.2 Å². The summed E-state index contributed by atoms with van der Waals surface area (Å²) in [6.07, 6.45) is 5.06. The standard InChI is InChI=1S/C27H28FN5O2/c1-2-35-23-5-3-4-19(16-23)18-30-27(34)21-10-13-32(14-11-21)26-25-17-24(31-33(25)15-12-29-26)20-6-8-22(28)9-7-20/h3-9,12,15-17,21H,2,10-11,13-14,18H2,1H3,(H,30,34). The second kappa shape index (κ2) is 10.1. The molecule has 0 unspecified atom stereocenters. The van der Waals surface area contributed by atoms with Crippen molar-refractivity contribution >= 4 is 17.2 Å². The van der Waals surface area contributed by atoms with Crippen LogP contribution in [0, 0.1) is 11.7 Å². The molecule has 1 amide bonds. The van der Waals surface area contributed by atoms with Gasteiger partial charge in [-0.1, -0.05) is 12.1 Å². The summed E-state index contributed by atoms with van der Waals surface area (Å²) in [6, 6.07) is 16.1. The Morgan fingerprint density at radius 1 is 1.14 bits per heavy atom. The van der Waals surface area contributed by atoms with Gasteiger partial charge in [-0.2, -0.15) is 5.10 Å². The van der Waals surface area contributed by atoms with Gasteiger partial charge in [0.25, 0.3) is 0 Å². The normalized spacial score (nSPS) is 14.3. The number of nitrogens with one attached hydrogen (secondary N) is 1. The number of hydrogen-bond acceptors (Lipinski definition) is 5. The summed E-state index contributed by atoms with van der Waals surface area (Å²) >= 11 is 0. The zero-order valence-electron chi connectivity index (χ0n) is 19.7. The van der Waals surface area contributed by atoms with Gasteiger partial charge in [-0.05, 0) is 67.8 Å². The van der Waals surface area contributed by atoms with E-state index in [4.69, 9.17) is 4.74 Å². The SMILES string of the molecule is CCOc1cccc(CNC(=O)C2CCN(c3nccn4nc(-c5ccc(F)cc5)cc34)CC2)c1.